The van der Waals surface area contributed by atoms with Crippen LogP contribution in [-0.2, 0) is 9.47 Å². The molecule has 1 atom stereocenters. The van der Waals surface area contributed by atoms with E-state index in [0.717, 1.165) is 0 Å². The minimum Gasteiger partial charge on any atom is -0.378 e. The molecule has 16 heavy (non-hydrogen) atoms. The summed E-state index contributed by atoms with van der Waals surface area (Å²) in [6.45, 7) is 4.85. The average Bonchev–Trinajstić information content (AvgIpc) is 2.39. The Kier molecular flexibility index (Phi) is 3.98. The number of hydrogen-bond donors (Lipinski definition) is 1. The van der Waals surface area contributed by atoms with Gasteiger partial charge in [0, 0.05) is 26.2 Å². The van der Waals surface area contributed by atoms with Crippen molar-refractivity contribution in [1.29, 1.82) is 0 Å². The number of rotatable bonds is 1. The second-order valence-electron chi connectivity index (χ2n) is 4.04. The van der Waals surface area contributed by atoms with Crippen LogP contribution in [-0.4, -0.2) is 74.5 Å². The molecule has 2 aliphatic rings. The van der Waals surface area contributed by atoms with Crippen LogP contribution < -0.4 is 5.73 Å². The van der Waals surface area contributed by atoms with Crippen molar-refractivity contribution in [3.8, 4) is 0 Å². The lowest BCUT2D eigenvalue weighted by molar-refractivity contribution is -0.00583. The molecule has 6 heteroatoms. The molecule has 0 saturated carbocycles. The Morgan fingerprint density at radius 1 is 1.19 bits per heavy atom. The number of carbonyl (C=O) groups is 1. The molecule has 6 nitrogen and oxygen atoms in total. The highest BCUT2D eigenvalue weighted by molar-refractivity contribution is 5.75. The van der Waals surface area contributed by atoms with Gasteiger partial charge in [-0.2, -0.15) is 0 Å². The summed E-state index contributed by atoms with van der Waals surface area (Å²) in [5.74, 6) is 0. The third-order valence-electron chi connectivity index (χ3n) is 3.03. The molecule has 2 amide bonds. The van der Waals surface area contributed by atoms with E-state index in [9.17, 15) is 4.79 Å². The molecule has 2 N–H and O–H groups in total. The van der Waals surface area contributed by atoms with Gasteiger partial charge in [-0.15, -0.1) is 0 Å². The third kappa shape index (κ3) is 2.45. The molecule has 2 heterocycles. The predicted octanol–water partition coefficient (Wildman–Crippen LogP) is -0.902. The van der Waals surface area contributed by atoms with E-state index in [2.05, 4.69) is 0 Å². The molecule has 0 bridgehead atoms. The topological polar surface area (TPSA) is 68.0 Å². The first-order chi connectivity index (χ1) is 7.83. The molecule has 2 aliphatic heterocycles. The number of hydrogen-bond acceptors (Lipinski definition) is 4. The SMILES string of the molecule is NCC1COCCN1C(=O)N1CCOCC1. The lowest BCUT2D eigenvalue weighted by Gasteiger charge is -2.39. The standard InChI is InChI=1S/C10H19N3O3/c11-7-9-8-16-6-3-13(9)10(14)12-1-4-15-5-2-12/h9H,1-8,11H2. The highest BCUT2D eigenvalue weighted by Crippen LogP contribution is 2.10. The van der Waals surface area contributed by atoms with E-state index in [0.29, 0.717) is 52.6 Å². The summed E-state index contributed by atoms with van der Waals surface area (Å²) in [5, 5.41) is 0. The molecule has 0 aromatic carbocycles. The minimum absolute atomic E-state index is 0.0177. The molecular weight excluding hydrogens is 210 g/mol. The summed E-state index contributed by atoms with van der Waals surface area (Å²) >= 11 is 0. The fourth-order valence-electron chi connectivity index (χ4n) is 2.04. The summed E-state index contributed by atoms with van der Waals surface area (Å²) in [6.07, 6.45) is 0. The van der Waals surface area contributed by atoms with E-state index >= 15 is 0 Å². The van der Waals surface area contributed by atoms with Crippen LogP contribution in [0.3, 0.4) is 0 Å². The molecular formula is C10H19N3O3. The van der Waals surface area contributed by atoms with Crippen LogP contribution in [0, 0.1) is 0 Å². The highest BCUT2D eigenvalue weighted by atomic mass is 16.5. The molecule has 0 radical (unpaired) electrons. The van der Waals surface area contributed by atoms with Crippen LogP contribution in [0.4, 0.5) is 4.79 Å². The van der Waals surface area contributed by atoms with Crippen molar-refractivity contribution in [1.82, 2.24) is 9.80 Å². The second-order valence-corrected chi connectivity index (χ2v) is 4.04. The van der Waals surface area contributed by atoms with Crippen molar-refractivity contribution >= 4 is 6.03 Å². The normalized spacial score (nSPS) is 26.9. The van der Waals surface area contributed by atoms with Crippen molar-refractivity contribution in [2.75, 3.05) is 52.6 Å². The van der Waals surface area contributed by atoms with Crippen molar-refractivity contribution in [3.63, 3.8) is 0 Å². The Morgan fingerprint density at radius 3 is 2.56 bits per heavy atom. The van der Waals surface area contributed by atoms with Gasteiger partial charge < -0.3 is 25.0 Å². The number of morpholine rings is 2. The van der Waals surface area contributed by atoms with Crippen molar-refractivity contribution < 1.29 is 14.3 Å². The number of urea groups is 1. The van der Waals surface area contributed by atoms with E-state index in [1.807, 2.05) is 9.80 Å². The van der Waals surface area contributed by atoms with E-state index in [1.165, 1.54) is 0 Å². The van der Waals surface area contributed by atoms with Gasteiger partial charge >= 0.3 is 6.03 Å². The van der Waals surface area contributed by atoms with Crippen molar-refractivity contribution in [2.45, 2.75) is 6.04 Å². The molecule has 0 aliphatic carbocycles. The Balaban J connectivity index is 1.95. The van der Waals surface area contributed by atoms with Crippen LogP contribution in [0.5, 0.6) is 0 Å². The summed E-state index contributed by atoms with van der Waals surface area (Å²) < 4.78 is 10.6. The average molecular weight is 229 g/mol. The molecule has 1 unspecified atom stereocenters. The highest BCUT2D eigenvalue weighted by Gasteiger charge is 2.30. The number of nitrogens with two attached hydrogens (primary N) is 1. The fourth-order valence-corrected chi connectivity index (χ4v) is 2.04. The Morgan fingerprint density at radius 2 is 1.88 bits per heavy atom. The smallest absolute Gasteiger partial charge is 0.320 e. The van der Waals surface area contributed by atoms with Crippen molar-refractivity contribution in [2.24, 2.45) is 5.73 Å². The van der Waals surface area contributed by atoms with E-state index in [1.54, 1.807) is 0 Å². The zero-order chi connectivity index (χ0) is 11.4. The number of ether oxygens (including phenoxy) is 2. The van der Waals surface area contributed by atoms with Crippen LogP contribution in [0.1, 0.15) is 0 Å². The van der Waals surface area contributed by atoms with Gasteiger partial charge in [0.2, 0.25) is 0 Å². The van der Waals surface area contributed by atoms with Gasteiger partial charge in [-0.25, -0.2) is 4.79 Å². The van der Waals surface area contributed by atoms with Crippen molar-refractivity contribution in [3.05, 3.63) is 0 Å². The molecule has 0 aromatic rings. The Bertz CT molecular complexity index is 243. The van der Waals surface area contributed by atoms with Crippen LogP contribution in [0.15, 0.2) is 0 Å². The first kappa shape index (κ1) is 11.6. The van der Waals surface area contributed by atoms with Crippen LogP contribution >= 0.6 is 0 Å². The number of carbonyl (C=O) groups excluding carboxylic acids is 1. The first-order valence-corrected chi connectivity index (χ1v) is 5.74. The largest absolute Gasteiger partial charge is 0.378 e. The van der Waals surface area contributed by atoms with Gasteiger partial charge in [0.25, 0.3) is 0 Å². The second kappa shape index (κ2) is 5.47. The Labute approximate surface area is 95.3 Å². The van der Waals surface area contributed by atoms with Gasteiger partial charge in [0.1, 0.15) is 0 Å². The maximum atomic E-state index is 12.2. The molecule has 2 rings (SSSR count). The van der Waals surface area contributed by atoms with Crippen LogP contribution in [0.25, 0.3) is 0 Å². The first-order valence-electron chi connectivity index (χ1n) is 5.74. The van der Waals surface area contributed by atoms with Gasteiger partial charge in [-0.1, -0.05) is 0 Å². The summed E-state index contributed by atoms with van der Waals surface area (Å²) in [4.78, 5) is 15.9. The minimum atomic E-state index is 0.0177. The summed E-state index contributed by atoms with van der Waals surface area (Å²) in [5.41, 5.74) is 5.64. The zero-order valence-electron chi connectivity index (χ0n) is 9.43. The Hall–Kier alpha value is -0.850. The number of amides is 2. The van der Waals surface area contributed by atoms with E-state index in [4.69, 9.17) is 15.2 Å². The summed E-state index contributed by atoms with van der Waals surface area (Å²) in [6, 6.07) is 0.0890. The predicted molar refractivity (Wildman–Crippen MR) is 58.2 cm³/mol. The van der Waals surface area contributed by atoms with E-state index < -0.39 is 0 Å². The van der Waals surface area contributed by atoms with Gasteiger partial charge in [-0.3, -0.25) is 0 Å². The molecule has 2 saturated heterocycles. The lowest BCUT2D eigenvalue weighted by Crippen LogP contribution is -2.57. The van der Waals surface area contributed by atoms with Crippen LogP contribution in [0.2, 0.25) is 0 Å². The van der Waals surface area contributed by atoms with Gasteiger partial charge in [-0.05, 0) is 0 Å². The molecule has 0 aromatic heterocycles. The molecule has 92 valence electrons. The maximum Gasteiger partial charge on any atom is 0.320 e. The maximum absolute atomic E-state index is 12.2. The summed E-state index contributed by atoms with van der Waals surface area (Å²) in [7, 11) is 0. The number of nitrogens with zero attached hydrogens (tertiary/aromatic N) is 2. The van der Waals surface area contributed by atoms with Gasteiger partial charge in [0.15, 0.2) is 0 Å². The van der Waals surface area contributed by atoms with E-state index in [-0.39, 0.29) is 12.1 Å². The zero-order valence-corrected chi connectivity index (χ0v) is 9.43. The lowest BCUT2D eigenvalue weighted by atomic mass is 10.2. The quantitative estimate of drug-likeness (QED) is 0.632. The molecule has 2 fully saturated rings. The molecule has 0 spiro atoms. The third-order valence-corrected chi connectivity index (χ3v) is 3.03. The fraction of sp³-hybridized carbons (Fsp3) is 0.900. The monoisotopic (exact) mass is 229 g/mol. The van der Waals surface area contributed by atoms with Gasteiger partial charge in [0.05, 0.1) is 32.5 Å².